The molecule has 0 aliphatic carbocycles. The van der Waals surface area contributed by atoms with Crippen LogP contribution in [0.15, 0.2) is 46.3 Å². The van der Waals surface area contributed by atoms with Crippen molar-refractivity contribution in [2.24, 2.45) is 5.73 Å². The Kier molecular flexibility index (Phi) is 5.71. The Labute approximate surface area is 171 Å². The van der Waals surface area contributed by atoms with Crippen LogP contribution in [0.3, 0.4) is 0 Å². The third-order valence-electron chi connectivity index (χ3n) is 4.50. The molecule has 0 saturated carbocycles. The number of thioether (sulfide) groups is 1. The van der Waals surface area contributed by atoms with Gasteiger partial charge in [-0.05, 0) is 25.5 Å². The van der Waals surface area contributed by atoms with Crippen molar-refractivity contribution >= 4 is 41.2 Å². The zero-order valence-corrected chi connectivity index (χ0v) is 17.1. The van der Waals surface area contributed by atoms with Crippen LogP contribution < -0.4 is 5.73 Å². The zero-order valence-electron chi connectivity index (χ0n) is 15.5. The summed E-state index contributed by atoms with van der Waals surface area (Å²) in [5.41, 5.74) is 6.89. The summed E-state index contributed by atoms with van der Waals surface area (Å²) in [6.07, 6.45) is 0. The molecule has 2 atom stereocenters. The van der Waals surface area contributed by atoms with Crippen LogP contribution in [-0.2, 0) is 23.9 Å². The second kappa shape index (κ2) is 7.89. The Morgan fingerprint density at radius 2 is 1.93 bits per heavy atom. The fourth-order valence-electron chi connectivity index (χ4n) is 3.27. The first-order chi connectivity index (χ1) is 13.3. The molecule has 0 aromatic heterocycles. The fourth-order valence-corrected chi connectivity index (χ4v) is 4.68. The van der Waals surface area contributed by atoms with E-state index in [0.717, 1.165) is 0 Å². The molecule has 1 saturated heterocycles. The van der Waals surface area contributed by atoms with Crippen molar-refractivity contribution in [3.63, 3.8) is 0 Å². The van der Waals surface area contributed by atoms with E-state index in [9.17, 15) is 14.4 Å². The maximum Gasteiger partial charge on any atom is 0.338 e. The standard InChI is InChI=1S/C19H19ClN2O5S/c1-4-27-19(25)13-12(10-7-5-6-8-11(10)20)14(18(24)26-3)17-22(15(13)21)16(23)9(2)28-17/h5-9,12H,4,21H2,1-3H3/t9-,12+/m1/s1. The molecule has 2 heterocycles. The Hall–Kier alpha value is -2.45. The molecule has 0 bridgehead atoms. The lowest BCUT2D eigenvalue weighted by atomic mass is 9.82. The molecule has 2 N–H and O–H groups in total. The third kappa shape index (κ3) is 3.16. The van der Waals surface area contributed by atoms with E-state index in [2.05, 4.69) is 0 Å². The maximum absolute atomic E-state index is 12.8. The quantitative estimate of drug-likeness (QED) is 0.744. The summed E-state index contributed by atoms with van der Waals surface area (Å²) >= 11 is 7.58. The average molecular weight is 423 g/mol. The molecule has 1 aromatic carbocycles. The van der Waals surface area contributed by atoms with Crippen LogP contribution in [0.25, 0.3) is 0 Å². The highest BCUT2D eigenvalue weighted by Gasteiger charge is 2.49. The second-order valence-electron chi connectivity index (χ2n) is 6.12. The Bertz CT molecular complexity index is 927. The first kappa shape index (κ1) is 20.3. The van der Waals surface area contributed by atoms with Crippen LogP contribution in [-0.4, -0.2) is 41.7 Å². The minimum Gasteiger partial charge on any atom is -0.466 e. The van der Waals surface area contributed by atoms with Gasteiger partial charge in [0, 0.05) is 5.02 Å². The van der Waals surface area contributed by atoms with Gasteiger partial charge in [-0.2, -0.15) is 0 Å². The van der Waals surface area contributed by atoms with Gasteiger partial charge in [-0.3, -0.25) is 9.69 Å². The Balaban J connectivity index is 2.34. The largest absolute Gasteiger partial charge is 0.466 e. The van der Waals surface area contributed by atoms with Crippen LogP contribution >= 0.6 is 23.4 Å². The first-order valence-corrected chi connectivity index (χ1v) is 9.83. The van der Waals surface area contributed by atoms with Crippen molar-refractivity contribution in [1.82, 2.24) is 4.90 Å². The number of hydrogen-bond acceptors (Lipinski definition) is 7. The SMILES string of the molecule is CCOC(=O)C1=C(N)N2C(=O)[C@@H](C)SC2=C(C(=O)OC)[C@H]1c1ccccc1Cl. The number of methoxy groups -OCH3 is 1. The molecule has 2 aliphatic heterocycles. The lowest BCUT2D eigenvalue weighted by Crippen LogP contribution is -2.40. The van der Waals surface area contributed by atoms with Gasteiger partial charge in [0.1, 0.15) is 5.82 Å². The van der Waals surface area contributed by atoms with Crippen LogP contribution in [0.1, 0.15) is 25.3 Å². The van der Waals surface area contributed by atoms with Gasteiger partial charge in [-0.1, -0.05) is 41.6 Å². The van der Waals surface area contributed by atoms with E-state index < -0.39 is 23.1 Å². The minimum atomic E-state index is -0.919. The number of carbonyl (C=O) groups excluding carboxylic acids is 3. The number of nitrogens with zero attached hydrogens (tertiary/aromatic N) is 1. The highest BCUT2D eigenvalue weighted by molar-refractivity contribution is 8.04. The number of rotatable bonds is 4. The number of ether oxygens (including phenoxy) is 2. The topological polar surface area (TPSA) is 98.9 Å². The summed E-state index contributed by atoms with van der Waals surface area (Å²) < 4.78 is 10.2. The van der Waals surface area contributed by atoms with Crippen molar-refractivity contribution in [2.45, 2.75) is 25.0 Å². The fraction of sp³-hybridized carbons (Fsp3) is 0.316. The molecule has 1 amide bonds. The summed E-state index contributed by atoms with van der Waals surface area (Å²) in [5, 5.41) is 0.224. The summed E-state index contributed by atoms with van der Waals surface area (Å²) in [6.45, 7) is 3.46. The van der Waals surface area contributed by atoms with Gasteiger partial charge < -0.3 is 15.2 Å². The normalized spacial score (nSPS) is 21.7. The van der Waals surface area contributed by atoms with Gasteiger partial charge in [0.2, 0.25) is 5.91 Å². The van der Waals surface area contributed by atoms with E-state index in [1.54, 1.807) is 38.1 Å². The number of nitrogens with two attached hydrogens (primary N) is 1. The number of amides is 1. The molecule has 7 nitrogen and oxygen atoms in total. The van der Waals surface area contributed by atoms with Gasteiger partial charge >= 0.3 is 11.9 Å². The smallest absolute Gasteiger partial charge is 0.338 e. The molecule has 3 rings (SSSR count). The maximum atomic E-state index is 12.8. The molecule has 28 heavy (non-hydrogen) atoms. The van der Waals surface area contributed by atoms with Gasteiger partial charge in [0.15, 0.2) is 0 Å². The van der Waals surface area contributed by atoms with E-state index in [1.165, 1.54) is 23.8 Å². The van der Waals surface area contributed by atoms with Crippen molar-refractivity contribution in [3.8, 4) is 0 Å². The molecular weight excluding hydrogens is 404 g/mol. The average Bonchev–Trinajstić information content (AvgIpc) is 2.96. The first-order valence-electron chi connectivity index (χ1n) is 8.57. The summed E-state index contributed by atoms with van der Waals surface area (Å²) in [4.78, 5) is 39.4. The van der Waals surface area contributed by atoms with Crippen LogP contribution in [0, 0.1) is 0 Å². The molecule has 1 aromatic rings. The molecule has 0 radical (unpaired) electrons. The van der Waals surface area contributed by atoms with Gasteiger partial charge in [0.25, 0.3) is 0 Å². The Morgan fingerprint density at radius 3 is 2.54 bits per heavy atom. The highest BCUT2D eigenvalue weighted by Crippen LogP contribution is 2.50. The molecule has 0 unspecified atom stereocenters. The number of benzene rings is 1. The lowest BCUT2D eigenvalue weighted by molar-refractivity contribution is -0.139. The van der Waals surface area contributed by atoms with Gasteiger partial charge in [0.05, 0.1) is 41.1 Å². The van der Waals surface area contributed by atoms with E-state index in [1.807, 2.05) is 0 Å². The number of esters is 2. The monoisotopic (exact) mass is 422 g/mol. The van der Waals surface area contributed by atoms with Crippen molar-refractivity contribution in [1.29, 1.82) is 0 Å². The van der Waals surface area contributed by atoms with Crippen molar-refractivity contribution in [3.05, 3.63) is 56.8 Å². The van der Waals surface area contributed by atoms with Gasteiger partial charge in [-0.25, -0.2) is 9.59 Å². The number of carbonyl (C=O) groups is 3. The molecule has 2 aliphatic rings. The van der Waals surface area contributed by atoms with E-state index in [4.69, 9.17) is 26.8 Å². The van der Waals surface area contributed by atoms with E-state index >= 15 is 0 Å². The van der Waals surface area contributed by atoms with Crippen molar-refractivity contribution in [2.75, 3.05) is 13.7 Å². The van der Waals surface area contributed by atoms with Gasteiger partial charge in [-0.15, -0.1) is 0 Å². The molecular formula is C19H19ClN2O5S. The highest BCUT2D eigenvalue weighted by atomic mass is 35.5. The number of hydrogen-bond donors (Lipinski definition) is 1. The zero-order chi connectivity index (χ0) is 20.6. The predicted octanol–water partition coefficient (Wildman–Crippen LogP) is 2.52. The van der Waals surface area contributed by atoms with Crippen LogP contribution in [0.5, 0.6) is 0 Å². The molecule has 9 heteroatoms. The third-order valence-corrected chi connectivity index (χ3v) is 6.03. The molecule has 1 fully saturated rings. The second-order valence-corrected chi connectivity index (χ2v) is 7.85. The lowest BCUT2D eigenvalue weighted by Gasteiger charge is -2.33. The van der Waals surface area contributed by atoms with E-state index in [0.29, 0.717) is 15.6 Å². The predicted molar refractivity (Wildman–Crippen MR) is 105 cm³/mol. The summed E-state index contributed by atoms with van der Waals surface area (Å²) in [7, 11) is 1.24. The minimum absolute atomic E-state index is 0.0119. The number of halogens is 1. The number of fused-ring (bicyclic) bond motifs is 1. The molecule has 0 spiro atoms. The Morgan fingerprint density at radius 1 is 1.25 bits per heavy atom. The van der Waals surface area contributed by atoms with Crippen molar-refractivity contribution < 1.29 is 23.9 Å². The molecule has 148 valence electrons. The summed E-state index contributed by atoms with van der Waals surface area (Å²) in [6, 6.07) is 6.82. The summed E-state index contributed by atoms with van der Waals surface area (Å²) in [5.74, 6) is -2.69. The van der Waals surface area contributed by atoms with Crippen LogP contribution in [0.2, 0.25) is 5.02 Å². The van der Waals surface area contributed by atoms with E-state index in [-0.39, 0.29) is 29.5 Å². The van der Waals surface area contributed by atoms with Crippen LogP contribution in [0.4, 0.5) is 0 Å².